The molecule has 0 saturated carbocycles. The van der Waals surface area contributed by atoms with Gasteiger partial charge in [0, 0.05) is 23.6 Å². The van der Waals surface area contributed by atoms with E-state index in [0.29, 0.717) is 18.8 Å². The van der Waals surface area contributed by atoms with Gasteiger partial charge in [-0.25, -0.2) is 0 Å². The van der Waals surface area contributed by atoms with E-state index < -0.39 is 10.2 Å². The molecule has 2 N–H and O–H groups in total. The number of nitrogens with one attached hydrogen (secondary N) is 2. The maximum absolute atomic E-state index is 12.5. The summed E-state index contributed by atoms with van der Waals surface area (Å²) in [7, 11) is -1.65. The van der Waals surface area contributed by atoms with Gasteiger partial charge in [-0.2, -0.15) is 12.7 Å². The summed E-state index contributed by atoms with van der Waals surface area (Å²) in [6.45, 7) is 1.26. The van der Waals surface area contributed by atoms with Crippen molar-refractivity contribution >= 4 is 31.8 Å². The van der Waals surface area contributed by atoms with Crippen LogP contribution in [0.25, 0.3) is 0 Å². The molecule has 1 heterocycles. The second-order valence-corrected chi connectivity index (χ2v) is 7.47. The van der Waals surface area contributed by atoms with E-state index in [1.807, 2.05) is 19.2 Å². The van der Waals surface area contributed by atoms with Gasteiger partial charge in [-0.05, 0) is 38.1 Å². The number of hydrogen-bond donors (Lipinski definition) is 2. The zero-order valence-corrected chi connectivity index (χ0v) is 13.9. The van der Waals surface area contributed by atoms with Crippen LogP contribution >= 0.6 is 15.9 Å². The van der Waals surface area contributed by atoms with Crippen LogP contribution in [-0.2, 0) is 10.2 Å². The largest absolute Gasteiger partial charge is 0.318 e. The van der Waals surface area contributed by atoms with E-state index in [0.717, 1.165) is 23.7 Å². The topological polar surface area (TPSA) is 61.4 Å². The molecule has 0 amide bonds. The zero-order valence-electron chi connectivity index (χ0n) is 11.5. The van der Waals surface area contributed by atoms with Gasteiger partial charge in [0.15, 0.2) is 0 Å². The van der Waals surface area contributed by atoms with Gasteiger partial charge in [-0.1, -0.05) is 28.4 Å². The Morgan fingerprint density at radius 1 is 1.40 bits per heavy atom. The highest BCUT2D eigenvalue weighted by molar-refractivity contribution is 9.10. The molecule has 7 heteroatoms. The first-order valence-corrected chi connectivity index (χ1v) is 8.96. The molecule has 2 rings (SSSR count). The number of anilines is 1. The lowest BCUT2D eigenvalue weighted by molar-refractivity contribution is 0.250. The van der Waals surface area contributed by atoms with Crippen molar-refractivity contribution in [3.63, 3.8) is 0 Å². The molecule has 0 spiro atoms. The second kappa shape index (κ2) is 6.89. The molecule has 1 atom stereocenters. The molecule has 0 bridgehead atoms. The van der Waals surface area contributed by atoms with Gasteiger partial charge in [0.2, 0.25) is 0 Å². The van der Waals surface area contributed by atoms with Crippen LogP contribution in [0.5, 0.6) is 0 Å². The summed E-state index contributed by atoms with van der Waals surface area (Å²) in [6.07, 6.45) is 2.90. The Bertz CT molecular complexity index is 548. The number of halogens is 1. The third-order valence-electron chi connectivity index (χ3n) is 3.39. The zero-order chi connectivity index (χ0) is 14.6. The number of likely N-dealkylation sites (N-methyl/N-ethyl adjacent to an activating group) is 1. The predicted molar refractivity (Wildman–Crippen MR) is 85.0 cm³/mol. The molecule has 1 unspecified atom stereocenters. The second-order valence-electron chi connectivity index (χ2n) is 4.94. The van der Waals surface area contributed by atoms with Crippen LogP contribution in [0.15, 0.2) is 28.7 Å². The third kappa shape index (κ3) is 3.94. The standard InChI is InChI=1S/C13H20BrN3O2S/c1-15-10-13-7-2-3-8-17(13)20(18,19)16-12-6-4-5-11(14)9-12/h4-6,9,13,15-16H,2-3,7-8,10H2,1H3. The Hall–Kier alpha value is -0.630. The quantitative estimate of drug-likeness (QED) is 0.844. The van der Waals surface area contributed by atoms with Gasteiger partial charge in [0.1, 0.15) is 0 Å². The molecule has 1 aromatic rings. The lowest BCUT2D eigenvalue weighted by atomic mass is 10.1. The first kappa shape index (κ1) is 15.8. The monoisotopic (exact) mass is 361 g/mol. The minimum Gasteiger partial charge on any atom is -0.318 e. The van der Waals surface area contributed by atoms with Crippen LogP contribution in [0.4, 0.5) is 5.69 Å². The van der Waals surface area contributed by atoms with E-state index in [1.165, 1.54) is 0 Å². The lowest BCUT2D eigenvalue weighted by Gasteiger charge is -2.34. The number of piperidine rings is 1. The van der Waals surface area contributed by atoms with Crippen molar-refractivity contribution in [3.8, 4) is 0 Å². The van der Waals surface area contributed by atoms with Gasteiger partial charge >= 0.3 is 10.2 Å². The summed E-state index contributed by atoms with van der Waals surface area (Å²) in [6, 6.07) is 7.21. The van der Waals surface area contributed by atoms with E-state index in [1.54, 1.807) is 16.4 Å². The summed E-state index contributed by atoms with van der Waals surface area (Å²) in [5.74, 6) is 0. The normalized spacial score (nSPS) is 20.8. The number of rotatable bonds is 5. The van der Waals surface area contributed by atoms with Crippen molar-refractivity contribution in [2.45, 2.75) is 25.3 Å². The van der Waals surface area contributed by atoms with Crippen molar-refractivity contribution in [2.75, 3.05) is 24.9 Å². The van der Waals surface area contributed by atoms with E-state index in [9.17, 15) is 8.42 Å². The summed E-state index contributed by atoms with van der Waals surface area (Å²) < 4.78 is 30.1. The van der Waals surface area contributed by atoms with Crippen LogP contribution in [0.2, 0.25) is 0 Å². The average molecular weight is 362 g/mol. The molecule has 1 aliphatic rings. The first-order chi connectivity index (χ1) is 9.53. The fourth-order valence-electron chi connectivity index (χ4n) is 2.49. The molecule has 1 aromatic carbocycles. The predicted octanol–water partition coefficient (Wildman–Crippen LogP) is 2.18. The highest BCUT2D eigenvalue weighted by Crippen LogP contribution is 2.23. The highest BCUT2D eigenvalue weighted by atomic mass is 79.9. The number of nitrogens with zero attached hydrogens (tertiary/aromatic N) is 1. The van der Waals surface area contributed by atoms with E-state index >= 15 is 0 Å². The molecule has 0 aliphatic carbocycles. The van der Waals surface area contributed by atoms with E-state index in [-0.39, 0.29) is 6.04 Å². The molecular weight excluding hydrogens is 342 g/mol. The van der Waals surface area contributed by atoms with Crippen LogP contribution in [0.1, 0.15) is 19.3 Å². The summed E-state index contributed by atoms with van der Waals surface area (Å²) in [5, 5.41) is 3.07. The van der Waals surface area contributed by atoms with Crippen molar-refractivity contribution in [1.82, 2.24) is 9.62 Å². The van der Waals surface area contributed by atoms with Gasteiger partial charge in [-0.15, -0.1) is 0 Å². The molecule has 1 fully saturated rings. The average Bonchev–Trinajstić information content (AvgIpc) is 2.39. The fourth-order valence-corrected chi connectivity index (χ4v) is 4.37. The van der Waals surface area contributed by atoms with Gasteiger partial charge in [-0.3, -0.25) is 4.72 Å². The molecule has 5 nitrogen and oxygen atoms in total. The third-order valence-corrected chi connectivity index (χ3v) is 5.48. The Morgan fingerprint density at radius 3 is 2.90 bits per heavy atom. The maximum atomic E-state index is 12.5. The van der Waals surface area contributed by atoms with Crippen LogP contribution in [-0.4, -0.2) is 38.9 Å². The SMILES string of the molecule is CNCC1CCCCN1S(=O)(=O)Nc1cccc(Br)c1. The fraction of sp³-hybridized carbons (Fsp3) is 0.538. The lowest BCUT2D eigenvalue weighted by Crippen LogP contribution is -2.49. The van der Waals surface area contributed by atoms with Gasteiger partial charge in [0.05, 0.1) is 5.69 Å². The number of hydrogen-bond acceptors (Lipinski definition) is 3. The Labute approximate surface area is 129 Å². The van der Waals surface area contributed by atoms with Gasteiger partial charge in [0.25, 0.3) is 0 Å². The van der Waals surface area contributed by atoms with Crippen molar-refractivity contribution in [1.29, 1.82) is 0 Å². The Balaban J connectivity index is 2.15. The smallest absolute Gasteiger partial charge is 0.301 e. The molecule has 0 aromatic heterocycles. The minimum absolute atomic E-state index is 0.0263. The van der Waals surface area contributed by atoms with Crippen molar-refractivity contribution in [2.24, 2.45) is 0 Å². The van der Waals surface area contributed by atoms with Crippen LogP contribution in [0, 0.1) is 0 Å². The van der Waals surface area contributed by atoms with E-state index in [4.69, 9.17) is 0 Å². The van der Waals surface area contributed by atoms with Crippen LogP contribution in [0.3, 0.4) is 0 Å². The molecule has 0 radical (unpaired) electrons. The Morgan fingerprint density at radius 2 is 2.20 bits per heavy atom. The molecule has 1 saturated heterocycles. The molecular formula is C13H20BrN3O2S. The highest BCUT2D eigenvalue weighted by Gasteiger charge is 2.31. The first-order valence-electron chi connectivity index (χ1n) is 6.72. The molecule has 112 valence electrons. The molecule has 20 heavy (non-hydrogen) atoms. The summed E-state index contributed by atoms with van der Waals surface area (Å²) in [4.78, 5) is 0. The Kier molecular flexibility index (Phi) is 5.42. The van der Waals surface area contributed by atoms with Crippen molar-refractivity contribution < 1.29 is 8.42 Å². The summed E-state index contributed by atoms with van der Waals surface area (Å²) >= 11 is 3.34. The van der Waals surface area contributed by atoms with E-state index in [2.05, 4.69) is 26.0 Å². The van der Waals surface area contributed by atoms with Crippen molar-refractivity contribution in [3.05, 3.63) is 28.7 Å². The molecule has 1 aliphatic heterocycles. The summed E-state index contributed by atoms with van der Waals surface area (Å²) in [5.41, 5.74) is 0.577. The van der Waals surface area contributed by atoms with Gasteiger partial charge < -0.3 is 5.32 Å². The minimum atomic E-state index is -3.50. The number of benzene rings is 1. The van der Waals surface area contributed by atoms with Crippen LogP contribution < -0.4 is 10.0 Å². The maximum Gasteiger partial charge on any atom is 0.301 e.